The van der Waals surface area contributed by atoms with E-state index in [2.05, 4.69) is 11.4 Å². The summed E-state index contributed by atoms with van der Waals surface area (Å²) in [6, 6.07) is 5.97. The van der Waals surface area contributed by atoms with Crippen molar-refractivity contribution in [2.45, 2.75) is 11.3 Å². The van der Waals surface area contributed by atoms with Crippen LogP contribution in [0, 0.1) is 5.92 Å². The summed E-state index contributed by atoms with van der Waals surface area (Å²) in [7, 11) is 1.64. The minimum atomic E-state index is 0.692. The third-order valence-corrected chi connectivity index (χ3v) is 4.29. The zero-order valence-electron chi connectivity index (χ0n) is 9.33. The molecule has 1 unspecified atom stereocenters. The lowest BCUT2D eigenvalue weighted by atomic mass is 10.2. The highest BCUT2D eigenvalue weighted by atomic mass is 35.5. The summed E-state index contributed by atoms with van der Waals surface area (Å²) in [6.07, 6.45) is 1.29. The van der Waals surface area contributed by atoms with Crippen LogP contribution in [0.2, 0.25) is 5.02 Å². The molecule has 1 N–H and O–H groups in total. The topological polar surface area (TPSA) is 21.3 Å². The van der Waals surface area contributed by atoms with Crippen molar-refractivity contribution in [2.75, 3.05) is 26.0 Å². The van der Waals surface area contributed by atoms with Crippen LogP contribution in [0.15, 0.2) is 23.1 Å². The highest BCUT2D eigenvalue weighted by Gasteiger charge is 2.14. The molecule has 1 fully saturated rings. The first-order valence-electron chi connectivity index (χ1n) is 5.46. The second-order valence-corrected chi connectivity index (χ2v) is 5.47. The number of nitrogens with one attached hydrogen (secondary N) is 1. The molecule has 1 aromatic carbocycles. The summed E-state index contributed by atoms with van der Waals surface area (Å²) < 4.78 is 5.13. The van der Waals surface area contributed by atoms with E-state index in [-0.39, 0.29) is 0 Å². The van der Waals surface area contributed by atoms with Crippen LogP contribution >= 0.6 is 23.4 Å². The SMILES string of the molecule is COc1ccc(SCC2CCNC2)cc1Cl. The standard InChI is InChI=1S/C12H16ClNOS/c1-15-12-3-2-10(6-11(12)13)16-8-9-4-5-14-7-9/h2-3,6,9,14H,4-5,7-8H2,1H3. The number of halogens is 1. The highest BCUT2D eigenvalue weighted by molar-refractivity contribution is 7.99. The lowest BCUT2D eigenvalue weighted by Gasteiger charge is -2.09. The predicted molar refractivity (Wildman–Crippen MR) is 69.7 cm³/mol. The minimum absolute atomic E-state index is 0.692. The second-order valence-electron chi connectivity index (χ2n) is 3.97. The number of rotatable bonds is 4. The molecule has 0 saturated carbocycles. The maximum atomic E-state index is 6.07. The average molecular weight is 258 g/mol. The van der Waals surface area contributed by atoms with Crippen LogP contribution in [-0.4, -0.2) is 26.0 Å². The van der Waals surface area contributed by atoms with E-state index in [0.717, 1.165) is 30.5 Å². The Balaban J connectivity index is 1.91. The molecule has 0 radical (unpaired) electrons. The van der Waals surface area contributed by atoms with Gasteiger partial charge in [-0.2, -0.15) is 0 Å². The summed E-state index contributed by atoms with van der Waals surface area (Å²) in [4.78, 5) is 1.22. The van der Waals surface area contributed by atoms with Gasteiger partial charge >= 0.3 is 0 Å². The largest absolute Gasteiger partial charge is 0.495 e. The molecule has 16 heavy (non-hydrogen) atoms. The Kier molecular flexibility index (Phi) is 4.38. The Morgan fingerprint density at radius 3 is 3.06 bits per heavy atom. The normalized spacial score (nSPS) is 20.0. The van der Waals surface area contributed by atoms with Gasteiger partial charge in [-0.25, -0.2) is 0 Å². The fraction of sp³-hybridized carbons (Fsp3) is 0.500. The molecular formula is C12H16ClNOS. The monoisotopic (exact) mass is 257 g/mol. The fourth-order valence-corrected chi connectivity index (χ4v) is 3.21. The first kappa shape index (κ1) is 12.1. The Morgan fingerprint density at radius 2 is 2.44 bits per heavy atom. The summed E-state index contributed by atoms with van der Waals surface area (Å²) in [5.41, 5.74) is 0. The van der Waals surface area contributed by atoms with Crippen LogP contribution in [0.25, 0.3) is 0 Å². The van der Waals surface area contributed by atoms with Gasteiger partial charge in [-0.3, -0.25) is 0 Å². The number of methoxy groups -OCH3 is 1. The lowest BCUT2D eigenvalue weighted by Crippen LogP contribution is -2.10. The Hall–Kier alpha value is -0.380. The maximum Gasteiger partial charge on any atom is 0.137 e. The number of thioether (sulfide) groups is 1. The van der Waals surface area contributed by atoms with Crippen molar-refractivity contribution in [2.24, 2.45) is 5.92 Å². The third-order valence-electron chi connectivity index (χ3n) is 2.77. The molecule has 1 aromatic rings. The molecule has 0 amide bonds. The molecule has 0 bridgehead atoms. The van der Waals surface area contributed by atoms with Gasteiger partial charge in [-0.15, -0.1) is 11.8 Å². The zero-order chi connectivity index (χ0) is 11.4. The summed E-state index contributed by atoms with van der Waals surface area (Å²) in [5, 5.41) is 4.07. The first-order valence-corrected chi connectivity index (χ1v) is 6.83. The number of ether oxygens (including phenoxy) is 1. The van der Waals surface area contributed by atoms with Crippen LogP contribution in [0.4, 0.5) is 0 Å². The van der Waals surface area contributed by atoms with Crippen LogP contribution in [0.1, 0.15) is 6.42 Å². The van der Waals surface area contributed by atoms with Gasteiger partial charge in [0.15, 0.2) is 0 Å². The molecule has 2 rings (SSSR count). The van der Waals surface area contributed by atoms with Gasteiger partial charge in [0.2, 0.25) is 0 Å². The lowest BCUT2D eigenvalue weighted by molar-refractivity contribution is 0.414. The van der Waals surface area contributed by atoms with Crippen LogP contribution in [0.5, 0.6) is 5.75 Å². The summed E-state index contributed by atoms with van der Waals surface area (Å²) in [5.74, 6) is 2.70. The van der Waals surface area contributed by atoms with Gasteiger partial charge in [0.05, 0.1) is 12.1 Å². The van der Waals surface area contributed by atoms with E-state index in [1.165, 1.54) is 11.3 Å². The van der Waals surface area contributed by atoms with E-state index in [1.54, 1.807) is 7.11 Å². The van der Waals surface area contributed by atoms with Crippen molar-refractivity contribution < 1.29 is 4.74 Å². The smallest absolute Gasteiger partial charge is 0.137 e. The predicted octanol–water partition coefficient (Wildman–Crippen LogP) is 3.05. The van der Waals surface area contributed by atoms with Gasteiger partial charge in [-0.05, 0) is 43.6 Å². The first-order chi connectivity index (χ1) is 7.79. The van der Waals surface area contributed by atoms with Crippen LogP contribution in [-0.2, 0) is 0 Å². The molecule has 0 aliphatic carbocycles. The molecule has 2 nitrogen and oxygen atoms in total. The van der Waals surface area contributed by atoms with E-state index in [9.17, 15) is 0 Å². The van der Waals surface area contributed by atoms with Crippen molar-refractivity contribution in [3.8, 4) is 5.75 Å². The molecular weight excluding hydrogens is 242 g/mol. The van der Waals surface area contributed by atoms with E-state index in [1.807, 2.05) is 23.9 Å². The Morgan fingerprint density at radius 1 is 1.56 bits per heavy atom. The van der Waals surface area contributed by atoms with Gasteiger partial charge < -0.3 is 10.1 Å². The molecule has 0 spiro atoms. The van der Waals surface area contributed by atoms with Crippen molar-refractivity contribution >= 4 is 23.4 Å². The van der Waals surface area contributed by atoms with Crippen molar-refractivity contribution in [1.29, 1.82) is 0 Å². The molecule has 1 aliphatic heterocycles. The average Bonchev–Trinajstić information content (AvgIpc) is 2.79. The molecule has 1 atom stereocenters. The second kappa shape index (κ2) is 5.80. The van der Waals surface area contributed by atoms with Gasteiger partial charge in [0, 0.05) is 10.6 Å². The quantitative estimate of drug-likeness (QED) is 0.838. The van der Waals surface area contributed by atoms with Gasteiger partial charge in [-0.1, -0.05) is 11.6 Å². The van der Waals surface area contributed by atoms with E-state index in [4.69, 9.17) is 16.3 Å². The summed E-state index contributed by atoms with van der Waals surface area (Å²) >= 11 is 7.95. The van der Waals surface area contributed by atoms with Crippen molar-refractivity contribution in [1.82, 2.24) is 5.32 Å². The fourth-order valence-electron chi connectivity index (χ4n) is 1.81. The van der Waals surface area contributed by atoms with Crippen LogP contribution < -0.4 is 10.1 Å². The Labute approximate surface area is 106 Å². The molecule has 1 saturated heterocycles. The molecule has 1 heterocycles. The maximum absolute atomic E-state index is 6.07. The molecule has 4 heteroatoms. The van der Waals surface area contributed by atoms with Crippen LogP contribution in [0.3, 0.4) is 0 Å². The number of hydrogen-bond donors (Lipinski definition) is 1. The molecule has 1 aliphatic rings. The van der Waals surface area contributed by atoms with E-state index >= 15 is 0 Å². The number of benzene rings is 1. The third kappa shape index (κ3) is 3.06. The Bertz CT molecular complexity index is 353. The van der Waals surface area contributed by atoms with Gasteiger partial charge in [0.25, 0.3) is 0 Å². The highest BCUT2D eigenvalue weighted by Crippen LogP contribution is 2.31. The van der Waals surface area contributed by atoms with E-state index in [0.29, 0.717) is 5.02 Å². The zero-order valence-corrected chi connectivity index (χ0v) is 10.9. The van der Waals surface area contributed by atoms with E-state index < -0.39 is 0 Å². The summed E-state index contributed by atoms with van der Waals surface area (Å²) in [6.45, 7) is 2.31. The minimum Gasteiger partial charge on any atom is -0.495 e. The van der Waals surface area contributed by atoms with Crippen molar-refractivity contribution in [3.05, 3.63) is 23.2 Å². The molecule has 88 valence electrons. The van der Waals surface area contributed by atoms with Gasteiger partial charge in [0.1, 0.15) is 5.75 Å². The molecule has 0 aromatic heterocycles. The van der Waals surface area contributed by atoms with Crippen molar-refractivity contribution in [3.63, 3.8) is 0 Å². The number of hydrogen-bond acceptors (Lipinski definition) is 3.